The fraction of sp³-hybridized carbons (Fsp3) is 0.238. The van der Waals surface area contributed by atoms with Crippen molar-refractivity contribution in [3.63, 3.8) is 0 Å². The first-order chi connectivity index (χ1) is 11.2. The van der Waals surface area contributed by atoms with Crippen LogP contribution in [-0.4, -0.2) is 9.97 Å². The van der Waals surface area contributed by atoms with Crippen LogP contribution in [0.25, 0.3) is 11.4 Å². The van der Waals surface area contributed by atoms with E-state index in [0.29, 0.717) is 0 Å². The normalized spacial score (nSPS) is 10.7. The van der Waals surface area contributed by atoms with Gasteiger partial charge in [0.1, 0.15) is 0 Å². The SMILES string of the molecule is CCc1c(C)nc(-c2ccccc2)nc1Cc1ccc(C)cc1. The van der Waals surface area contributed by atoms with Gasteiger partial charge in [0.2, 0.25) is 0 Å². The van der Waals surface area contributed by atoms with E-state index in [4.69, 9.17) is 9.97 Å². The summed E-state index contributed by atoms with van der Waals surface area (Å²) in [5, 5.41) is 0. The van der Waals surface area contributed by atoms with Gasteiger partial charge in [-0.15, -0.1) is 0 Å². The minimum absolute atomic E-state index is 0.822. The maximum atomic E-state index is 4.88. The lowest BCUT2D eigenvalue weighted by Crippen LogP contribution is -2.06. The molecule has 3 aromatic rings. The number of hydrogen-bond donors (Lipinski definition) is 0. The highest BCUT2D eigenvalue weighted by molar-refractivity contribution is 5.55. The molecule has 0 saturated heterocycles. The van der Waals surface area contributed by atoms with Crippen molar-refractivity contribution in [2.45, 2.75) is 33.6 Å². The molecular weight excluding hydrogens is 280 g/mol. The third kappa shape index (κ3) is 3.48. The van der Waals surface area contributed by atoms with E-state index in [2.05, 4.69) is 57.2 Å². The summed E-state index contributed by atoms with van der Waals surface area (Å²) in [6.45, 7) is 6.38. The molecule has 0 aliphatic heterocycles. The van der Waals surface area contributed by atoms with Crippen LogP contribution in [0, 0.1) is 13.8 Å². The maximum absolute atomic E-state index is 4.88. The van der Waals surface area contributed by atoms with Crippen molar-refractivity contribution >= 4 is 0 Å². The van der Waals surface area contributed by atoms with Crippen molar-refractivity contribution < 1.29 is 0 Å². The maximum Gasteiger partial charge on any atom is 0.159 e. The Balaban J connectivity index is 2.03. The number of hydrogen-bond acceptors (Lipinski definition) is 2. The van der Waals surface area contributed by atoms with Gasteiger partial charge in [-0.05, 0) is 31.4 Å². The zero-order chi connectivity index (χ0) is 16.2. The van der Waals surface area contributed by atoms with Gasteiger partial charge in [-0.1, -0.05) is 67.1 Å². The zero-order valence-corrected chi connectivity index (χ0v) is 14.0. The third-order valence-electron chi connectivity index (χ3n) is 4.18. The fourth-order valence-corrected chi connectivity index (χ4v) is 2.88. The fourth-order valence-electron chi connectivity index (χ4n) is 2.88. The average Bonchev–Trinajstić information content (AvgIpc) is 2.57. The molecule has 0 aliphatic rings. The Hall–Kier alpha value is -2.48. The Labute approximate surface area is 138 Å². The average molecular weight is 302 g/mol. The molecule has 1 aromatic heterocycles. The highest BCUT2D eigenvalue weighted by Crippen LogP contribution is 2.21. The molecule has 3 rings (SSSR count). The molecule has 23 heavy (non-hydrogen) atoms. The monoisotopic (exact) mass is 302 g/mol. The second-order valence-corrected chi connectivity index (χ2v) is 5.94. The molecule has 2 nitrogen and oxygen atoms in total. The van der Waals surface area contributed by atoms with E-state index in [-0.39, 0.29) is 0 Å². The van der Waals surface area contributed by atoms with Gasteiger partial charge in [0.15, 0.2) is 5.82 Å². The van der Waals surface area contributed by atoms with E-state index < -0.39 is 0 Å². The molecule has 0 saturated carbocycles. The lowest BCUT2D eigenvalue weighted by Gasteiger charge is -2.12. The van der Waals surface area contributed by atoms with Gasteiger partial charge in [-0.3, -0.25) is 0 Å². The molecule has 0 aliphatic carbocycles. The predicted octanol–water partition coefficient (Wildman–Crippen LogP) is 4.91. The van der Waals surface area contributed by atoms with Crippen LogP contribution < -0.4 is 0 Å². The van der Waals surface area contributed by atoms with Crippen LogP contribution in [0.3, 0.4) is 0 Å². The number of nitrogens with zero attached hydrogens (tertiary/aromatic N) is 2. The van der Waals surface area contributed by atoms with Crippen LogP contribution in [0.2, 0.25) is 0 Å². The second kappa shape index (κ2) is 6.74. The molecule has 0 radical (unpaired) electrons. The lowest BCUT2D eigenvalue weighted by molar-refractivity contribution is 0.925. The van der Waals surface area contributed by atoms with Gasteiger partial charge in [0.05, 0.1) is 5.69 Å². The van der Waals surface area contributed by atoms with E-state index in [1.54, 1.807) is 0 Å². The zero-order valence-electron chi connectivity index (χ0n) is 14.0. The molecular formula is C21H22N2. The van der Waals surface area contributed by atoms with Crippen molar-refractivity contribution in [2.75, 3.05) is 0 Å². The summed E-state index contributed by atoms with van der Waals surface area (Å²) in [6.07, 6.45) is 1.81. The van der Waals surface area contributed by atoms with Crippen LogP contribution in [0.4, 0.5) is 0 Å². The first-order valence-electron chi connectivity index (χ1n) is 8.14. The molecule has 116 valence electrons. The van der Waals surface area contributed by atoms with Crippen molar-refractivity contribution in [1.82, 2.24) is 9.97 Å². The van der Waals surface area contributed by atoms with Crippen LogP contribution >= 0.6 is 0 Å². The van der Waals surface area contributed by atoms with Crippen molar-refractivity contribution in [3.05, 3.63) is 82.7 Å². The van der Waals surface area contributed by atoms with Crippen LogP contribution in [0.1, 0.15) is 35.0 Å². The van der Waals surface area contributed by atoms with Gasteiger partial charge in [0, 0.05) is 17.7 Å². The Morgan fingerprint density at radius 2 is 1.52 bits per heavy atom. The molecule has 0 bridgehead atoms. The van der Waals surface area contributed by atoms with Crippen molar-refractivity contribution in [2.24, 2.45) is 0 Å². The topological polar surface area (TPSA) is 25.8 Å². The largest absolute Gasteiger partial charge is 0.233 e. The van der Waals surface area contributed by atoms with Gasteiger partial charge in [-0.25, -0.2) is 9.97 Å². The van der Waals surface area contributed by atoms with Crippen LogP contribution in [0.5, 0.6) is 0 Å². The van der Waals surface area contributed by atoms with E-state index in [1.165, 1.54) is 16.7 Å². The molecule has 1 heterocycles. The quantitative estimate of drug-likeness (QED) is 0.684. The van der Waals surface area contributed by atoms with Gasteiger partial charge >= 0.3 is 0 Å². The molecule has 0 unspecified atom stereocenters. The predicted molar refractivity (Wildman–Crippen MR) is 95.6 cm³/mol. The Morgan fingerprint density at radius 3 is 2.17 bits per heavy atom. The summed E-state index contributed by atoms with van der Waals surface area (Å²) in [6, 6.07) is 18.9. The standard InChI is InChI=1S/C21H22N2/c1-4-19-16(3)22-21(18-8-6-5-7-9-18)23-20(19)14-17-12-10-15(2)11-13-17/h5-13H,4,14H2,1-3H3. The third-order valence-corrected chi connectivity index (χ3v) is 4.18. The molecule has 0 spiro atoms. The second-order valence-electron chi connectivity index (χ2n) is 5.94. The van der Waals surface area contributed by atoms with Gasteiger partial charge in [-0.2, -0.15) is 0 Å². The Kier molecular flexibility index (Phi) is 4.52. The lowest BCUT2D eigenvalue weighted by atomic mass is 10.0. The summed E-state index contributed by atoms with van der Waals surface area (Å²) in [5.41, 5.74) is 7.15. The van der Waals surface area contributed by atoms with E-state index in [1.807, 2.05) is 18.2 Å². The smallest absolute Gasteiger partial charge is 0.159 e. The molecule has 0 N–H and O–H groups in total. The summed E-state index contributed by atoms with van der Waals surface area (Å²) >= 11 is 0. The van der Waals surface area contributed by atoms with E-state index in [9.17, 15) is 0 Å². The Morgan fingerprint density at radius 1 is 0.826 bits per heavy atom. The van der Waals surface area contributed by atoms with E-state index >= 15 is 0 Å². The van der Waals surface area contributed by atoms with Gasteiger partial charge in [0.25, 0.3) is 0 Å². The minimum atomic E-state index is 0.822. The highest BCUT2D eigenvalue weighted by Gasteiger charge is 2.12. The number of aryl methyl sites for hydroxylation is 2. The summed E-state index contributed by atoms with van der Waals surface area (Å²) in [4.78, 5) is 9.60. The molecule has 2 heteroatoms. The minimum Gasteiger partial charge on any atom is -0.233 e. The van der Waals surface area contributed by atoms with Gasteiger partial charge < -0.3 is 0 Å². The van der Waals surface area contributed by atoms with Crippen LogP contribution in [0.15, 0.2) is 54.6 Å². The summed E-state index contributed by atoms with van der Waals surface area (Å²) in [5.74, 6) is 0.822. The molecule has 0 fully saturated rings. The highest BCUT2D eigenvalue weighted by atomic mass is 14.9. The number of rotatable bonds is 4. The number of benzene rings is 2. The van der Waals surface area contributed by atoms with Crippen molar-refractivity contribution in [1.29, 1.82) is 0 Å². The first-order valence-corrected chi connectivity index (χ1v) is 8.14. The molecule has 2 aromatic carbocycles. The van der Waals surface area contributed by atoms with E-state index in [0.717, 1.165) is 35.6 Å². The first kappa shape index (κ1) is 15.4. The summed E-state index contributed by atoms with van der Waals surface area (Å²) < 4.78 is 0. The number of aromatic nitrogens is 2. The van der Waals surface area contributed by atoms with Crippen molar-refractivity contribution in [3.8, 4) is 11.4 Å². The van der Waals surface area contributed by atoms with Crippen LogP contribution in [-0.2, 0) is 12.8 Å². The summed E-state index contributed by atoms with van der Waals surface area (Å²) in [7, 11) is 0. The molecule has 0 amide bonds. The molecule has 0 atom stereocenters. The Bertz CT molecular complexity index is 790.